The maximum atomic E-state index is 14.0. The lowest BCUT2D eigenvalue weighted by Crippen LogP contribution is -2.67. The molecule has 0 aromatic heterocycles. The van der Waals surface area contributed by atoms with Crippen molar-refractivity contribution < 1.29 is 52.8 Å². The lowest BCUT2D eigenvalue weighted by atomic mass is 9.48. The van der Waals surface area contributed by atoms with Gasteiger partial charge in [0.05, 0.1) is 36.7 Å². The number of carbonyl (C=O) groups is 5. The first-order chi connectivity index (χ1) is 23.5. The minimum atomic E-state index is -1.23. The summed E-state index contributed by atoms with van der Waals surface area (Å²) in [5.41, 5.74) is -3.49. The molecule has 2 unspecified atom stereocenters. The van der Waals surface area contributed by atoms with Crippen LogP contribution >= 0.6 is 0 Å². The molecule has 0 radical (unpaired) electrons. The highest BCUT2D eigenvalue weighted by Gasteiger charge is 2.84. The Morgan fingerprint density at radius 3 is 2.42 bits per heavy atom. The van der Waals surface area contributed by atoms with E-state index in [-0.39, 0.29) is 30.5 Å². The van der Waals surface area contributed by atoms with Crippen LogP contribution in [0.25, 0.3) is 0 Å². The molecule has 1 aromatic carbocycles. The van der Waals surface area contributed by atoms with E-state index in [9.17, 15) is 29.1 Å². The van der Waals surface area contributed by atoms with Crippen molar-refractivity contribution in [3.05, 3.63) is 71.8 Å². The molecule has 2 aliphatic carbocycles. The van der Waals surface area contributed by atoms with Crippen LogP contribution in [0.3, 0.4) is 0 Å². The van der Waals surface area contributed by atoms with Crippen molar-refractivity contribution in [3.8, 4) is 0 Å². The van der Waals surface area contributed by atoms with Crippen LogP contribution in [0.1, 0.15) is 64.2 Å². The van der Waals surface area contributed by atoms with Crippen LogP contribution in [0, 0.1) is 28.6 Å². The first-order valence-electron chi connectivity index (χ1n) is 17.0. The standard InChI is InChI=1S/C38H45NO11/c1-20-30(36(5)15-13-28(42)50-35(3,4)26(36)19-29(43)46-7)31(47-21(2)41)32(48-34(45)22-11-9-8-10-12-22)37(6)25(18-27-38(20,37)49-27)24-17-23(14-16-40)39-33(24)44/h8-13,15,17,23,25-27,30-32,40H,1,14,16,18-19H2,2-7H3,(H,39,44)/t23?,25-,26-,27+,30?,31+,32-,36-,37+,38+/m0/s1. The summed E-state index contributed by atoms with van der Waals surface area (Å²) < 4.78 is 30.3. The van der Waals surface area contributed by atoms with Gasteiger partial charge in [0.25, 0.3) is 0 Å². The molecule has 1 aromatic rings. The molecule has 12 heteroatoms. The van der Waals surface area contributed by atoms with E-state index in [1.54, 1.807) is 50.3 Å². The van der Waals surface area contributed by atoms with E-state index in [1.807, 2.05) is 19.9 Å². The molecular formula is C38H45NO11. The summed E-state index contributed by atoms with van der Waals surface area (Å²) in [6.07, 6.45) is 2.45. The Morgan fingerprint density at radius 2 is 1.78 bits per heavy atom. The molecule has 2 saturated carbocycles. The van der Waals surface area contributed by atoms with Gasteiger partial charge < -0.3 is 34.1 Å². The van der Waals surface area contributed by atoms with Gasteiger partial charge in [-0.1, -0.05) is 50.8 Å². The highest BCUT2D eigenvalue weighted by molar-refractivity contribution is 5.97. The normalized spacial score (nSPS) is 38.1. The number of aliphatic hydroxyl groups excluding tert-OH is 1. The molecule has 1 amide bonds. The second kappa shape index (κ2) is 12.5. The topological polar surface area (TPSA) is 167 Å². The van der Waals surface area contributed by atoms with Gasteiger partial charge in [0.2, 0.25) is 5.91 Å². The van der Waals surface area contributed by atoms with Crippen molar-refractivity contribution in [1.29, 1.82) is 0 Å². The van der Waals surface area contributed by atoms with Crippen LogP contribution in [-0.2, 0) is 42.9 Å². The molecule has 1 spiro atoms. The average molecular weight is 692 g/mol. The van der Waals surface area contributed by atoms with Crippen LogP contribution in [0.4, 0.5) is 0 Å². The number of esters is 4. The van der Waals surface area contributed by atoms with Crippen LogP contribution in [0.15, 0.2) is 66.3 Å². The maximum absolute atomic E-state index is 14.0. The Labute approximate surface area is 291 Å². The number of hydrogen-bond acceptors (Lipinski definition) is 11. The number of rotatable bonds is 9. The molecule has 6 rings (SSSR count). The second-order valence-electron chi connectivity index (χ2n) is 15.0. The molecule has 268 valence electrons. The quantitative estimate of drug-likeness (QED) is 0.169. The smallest absolute Gasteiger partial charge is 0.338 e. The highest BCUT2D eigenvalue weighted by Crippen LogP contribution is 2.75. The zero-order chi connectivity index (χ0) is 36.4. The summed E-state index contributed by atoms with van der Waals surface area (Å²) in [5.74, 6) is -4.95. The van der Waals surface area contributed by atoms with Gasteiger partial charge in [-0.2, -0.15) is 0 Å². The largest absolute Gasteiger partial charge is 0.469 e. The van der Waals surface area contributed by atoms with E-state index in [0.29, 0.717) is 24.0 Å². The maximum Gasteiger partial charge on any atom is 0.338 e. The second-order valence-corrected chi connectivity index (χ2v) is 15.0. The SMILES string of the molecule is C=C1C([C@@]2(C)C=CC(=O)OC(C)(C)[C@@H]2CC(=O)OC)[C@@H](OC(C)=O)[C@H](OC(=O)c2ccccc2)[C@@]2(C)[C@H](C3=CC(CCO)NC3=O)C[C@H]3O[C@]132. The Bertz CT molecular complexity index is 1680. The Morgan fingerprint density at radius 1 is 1.08 bits per heavy atom. The minimum Gasteiger partial charge on any atom is -0.469 e. The van der Waals surface area contributed by atoms with Gasteiger partial charge in [-0.05, 0) is 44.4 Å². The summed E-state index contributed by atoms with van der Waals surface area (Å²) >= 11 is 0. The number of allylic oxidation sites excluding steroid dienone is 1. The molecule has 10 atom stereocenters. The molecular weight excluding hydrogens is 646 g/mol. The summed E-state index contributed by atoms with van der Waals surface area (Å²) in [7, 11) is 1.27. The summed E-state index contributed by atoms with van der Waals surface area (Å²) in [5, 5.41) is 12.5. The number of cyclic esters (lactones) is 1. The molecule has 5 aliphatic rings. The minimum absolute atomic E-state index is 0.127. The van der Waals surface area contributed by atoms with Gasteiger partial charge >= 0.3 is 23.9 Å². The molecule has 12 nitrogen and oxygen atoms in total. The number of ether oxygens (including phenoxy) is 5. The van der Waals surface area contributed by atoms with Gasteiger partial charge in [-0.3, -0.25) is 14.4 Å². The summed E-state index contributed by atoms with van der Waals surface area (Å²) in [6.45, 7) is 12.9. The van der Waals surface area contributed by atoms with Crippen LogP contribution < -0.4 is 5.32 Å². The number of aliphatic hydroxyl groups is 1. The number of carbonyl (C=O) groups excluding carboxylic acids is 5. The van der Waals surface area contributed by atoms with Crippen molar-refractivity contribution in [2.45, 2.75) is 89.4 Å². The molecule has 3 aliphatic heterocycles. The third-order valence-corrected chi connectivity index (χ3v) is 11.9. The van der Waals surface area contributed by atoms with Gasteiger partial charge in [-0.25, -0.2) is 9.59 Å². The van der Waals surface area contributed by atoms with Crippen molar-refractivity contribution in [2.75, 3.05) is 13.7 Å². The van der Waals surface area contributed by atoms with E-state index in [0.717, 1.165) is 0 Å². The van der Waals surface area contributed by atoms with Crippen molar-refractivity contribution in [1.82, 2.24) is 5.32 Å². The molecule has 2 N–H and O–H groups in total. The van der Waals surface area contributed by atoms with E-state index < -0.39 is 82.0 Å². The zero-order valence-corrected chi connectivity index (χ0v) is 29.2. The van der Waals surface area contributed by atoms with Crippen LogP contribution in [0.5, 0.6) is 0 Å². The molecule has 1 saturated heterocycles. The molecule has 3 fully saturated rings. The fraction of sp³-hybridized carbons (Fsp3) is 0.553. The molecule has 50 heavy (non-hydrogen) atoms. The predicted octanol–water partition coefficient (Wildman–Crippen LogP) is 3.38. The summed E-state index contributed by atoms with van der Waals surface area (Å²) in [4.78, 5) is 66.6. The van der Waals surface area contributed by atoms with Gasteiger partial charge in [0.1, 0.15) is 23.4 Å². The number of amides is 1. The molecule has 0 bridgehead atoms. The number of hydrogen-bond donors (Lipinski definition) is 2. The van der Waals surface area contributed by atoms with E-state index in [1.165, 1.54) is 20.1 Å². The van der Waals surface area contributed by atoms with Crippen LogP contribution in [0.2, 0.25) is 0 Å². The number of nitrogens with one attached hydrogen (secondary N) is 1. The lowest BCUT2D eigenvalue weighted by Gasteiger charge is -2.58. The first kappa shape index (κ1) is 35.5. The summed E-state index contributed by atoms with van der Waals surface area (Å²) in [6, 6.07) is 8.02. The first-order valence-corrected chi connectivity index (χ1v) is 17.0. The van der Waals surface area contributed by atoms with Crippen molar-refractivity contribution in [3.63, 3.8) is 0 Å². The third kappa shape index (κ3) is 5.38. The Hall–Kier alpha value is -4.29. The number of methoxy groups -OCH3 is 1. The Kier molecular flexibility index (Phi) is 8.87. The van der Waals surface area contributed by atoms with Gasteiger partial charge in [0, 0.05) is 48.3 Å². The number of benzene rings is 1. The van der Waals surface area contributed by atoms with Gasteiger partial charge in [-0.15, -0.1) is 0 Å². The van der Waals surface area contributed by atoms with Crippen LogP contribution in [-0.4, -0.2) is 84.2 Å². The van der Waals surface area contributed by atoms with Crippen molar-refractivity contribution in [2.24, 2.45) is 28.6 Å². The Balaban J connectivity index is 1.57. The fourth-order valence-electron chi connectivity index (χ4n) is 9.70. The van der Waals surface area contributed by atoms with E-state index >= 15 is 0 Å². The fourth-order valence-corrected chi connectivity index (χ4v) is 9.70. The highest BCUT2D eigenvalue weighted by atomic mass is 16.6. The lowest BCUT2D eigenvalue weighted by molar-refractivity contribution is -0.198. The predicted molar refractivity (Wildman–Crippen MR) is 177 cm³/mol. The molecule has 3 heterocycles. The van der Waals surface area contributed by atoms with Crippen molar-refractivity contribution >= 4 is 29.8 Å². The average Bonchev–Trinajstić information content (AvgIpc) is 3.62. The van der Waals surface area contributed by atoms with E-state index in [4.69, 9.17) is 23.7 Å². The zero-order valence-electron chi connectivity index (χ0n) is 29.2. The van der Waals surface area contributed by atoms with E-state index in [2.05, 4.69) is 11.9 Å². The monoisotopic (exact) mass is 691 g/mol. The van der Waals surface area contributed by atoms with Gasteiger partial charge in [0.15, 0.2) is 0 Å². The number of epoxide rings is 1. The third-order valence-electron chi connectivity index (χ3n) is 11.9.